The third kappa shape index (κ3) is 7.11. The number of nitrogens with zero attached hydrogens (tertiary/aromatic N) is 2. The normalized spacial score (nSPS) is 14.1. The number of hydrogen-bond donors (Lipinski definition) is 0. The Bertz CT molecular complexity index is 520. The maximum atomic E-state index is 11.4. The fourth-order valence-corrected chi connectivity index (χ4v) is 3.26. The molecule has 0 rings (SSSR count). The highest BCUT2D eigenvalue weighted by atomic mass is 32.3. The molecule has 0 aliphatic heterocycles. The zero-order valence-corrected chi connectivity index (χ0v) is 15.1. The Hall–Kier alpha value is -0.600. The van der Waals surface area contributed by atoms with Crippen LogP contribution in [0, 0.1) is 0 Å². The molecule has 0 spiro atoms. The SMILES string of the molecule is CC[N+](CC)(CC)CC.O=S(=O)([N-]S(=O)(=O)C(F)(F)F)C(F)(F)F. The van der Waals surface area contributed by atoms with Gasteiger partial charge < -0.3 is 8.61 Å². The van der Waals surface area contributed by atoms with Crippen molar-refractivity contribution in [3.63, 3.8) is 0 Å². The zero-order valence-electron chi connectivity index (χ0n) is 13.4. The van der Waals surface area contributed by atoms with Gasteiger partial charge in [-0.15, -0.1) is 0 Å². The highest BCUT2D eigenvalue weighted by Gasteiger charge is 2.46. The Balaban J connectivity index is 0. The summed E-state index contributed by atoms with van der Waals surface area (Å²) in [5.74, 6) is 0. The molecule has 0 aromatic carbocycles. The van der Waals surface area contributed by atoms with Gasteiger partial charge in [-0.1, -0.05) is 0 Å². The van der Waals surface area contributed by atoms with E-state index < -0.39 is 31.1 Å². The second kappa shape index (κ2) is 8.67. The molecule has 0 aliphatic carbocycles. The van der Waals surface area contributed by atoms with Gasteiger partial charge in [-0.2, -0.15) is 26.3 Å². The Morgan fingerprint density at radius 1 is 0.667 bits per heavy atom. The lowest BCUT2D eigenvalue weighted by molar-refractivity contribution is -0.921. The summed E-state index contributed by atoms with van der Waals surface area (Å²) >= 11 is 0. The van der Waals surface area contributed by atoms with Crippen molar-refractivity contribution in [1.82, 2.24) is 0 Å². The van der Waals surface area contributed by atoms with Gasteiger partial charge in [-0.3, -0.25) is 0 Å². The van der Waals surface area contributed by atoms with Crippen LogP contribution in [-0.4, -0.2) is 58.5 Å². The van der Waals surface area contributed by atoms with Crippen LogP contribution in [0.4, 0.5) is 26.3 Å². The molecule has 24 heavy (non-hydrogen) atoms. The Morgan fingerprint density at radius 3 is 0.958 bits per heavy atom. The maximum absolute atomic E-state index is 11.4. The number of sulfonamides is 2. The molecule has 148 valence electrons. The van der Waals surface area contributed by atoms with E-state index in [4.69, 9.17) is 0 Å². The summed E-state index contributed by atoms with van der Waals surface area (Å²) in [5, 5.41) is 0. The number of hydrogen-bond acceptors (Lipinski definition) is 4. The minimum Gasteiger partial charge on any atom is -0.421 e. The van der Waals surface area contributed by atoms with Crippen molar-refractivity contribution < 1.29 is 47.7 Å². The smallest absolute Gasteiger partial charge is 0.421 e. The van der Waals surface area contributed by atoms with Crippen LogP contribution < -0.4 is 0 Å². The van der Waals surface area contributed by atoms with Crippen LogP contribution >= 0.6 is 0 Å². The average Bonchev–Trinajstić information content (AvgIpc) is 2.39. The highest BCUT2D eigenvalue weighted by molar-refractivity contribution is 8.13. The first-order chi connectivity index (χ1) is 10.4. The standard InChI is InChI=1S/C8H20N.C2F6NO4S2/c1-5-9(6-2,7-3)8-4;3-1(4,5)14(10,11)9-15(12,13)2(6,7)8/h5-8H2,1-4H3;/q+1;-1. The first kappa shape index (κ1) is 25.6. The average molecular weight is 410 g/mol. The predicted octanol–water partition coefficient (Wildman–Crippen LogP) is 2.94. The van der Waals surface area contributed by atoms with Crippen LogP contribution in [0.5, 0.6) is 0 Å². The molecule has 0 saturated carbocycles. The van der Waals surface area contributed by atoms with Gasteiger partial charge in [0.25, 0.3) is 0 Å². The maximum Gasteiger partial charge on any atom is 0.480 e. The van der Waals surface area contributed by atoms with E-state index in [1.165, 1.54) is 30.7 Å². The number of rotatable bonds is 6. The first-order valence-corrected chi connectivity index (χ1v) is 9.55. The lowest BCUT2D eigenvalue weighted by Crippen LogP contribution is -2.47. The summed E-state index contributed by atoms with van der Waals surface area (Å²) in [5.41, 5.74) is -12.4. The van der Waals surface area contributed by atoms with Crippen molar-refractivity contribution in [2.75, 3.05) is 26.2 Å². The molecule has 0 aliphatic rings. The Morgan fingerprint density at radius 2 is 0.875 bits per heavy atom. The molecule has 0 amide bonds. The van der Waals surface area contributed by atoms with Gasteiger partial charge in [-0.25, -0.2) is 16.8 Å². The molecule has 14 heteroatoms. The van der Waals surface area contributed by atoms with E-state index in [0.29, 0.717) is 0 Å². The molecular formula is C10H20F6N2O4S2. The Labute approximate surface area is 137 Å². The van der Waals surface area contributed by atoms with Gasteiger partial charge in [0.05, 0.1) is 26.2 Å². The zero-order chi connectivity index (χ0) is 20.0. The van der Waals surface area contributed by atoms with E-state index in [1.54, 1.807) is 0 Å². The van der Waals surface area contributed by atoms with E-state index in [9.17, 15) is 43.2 Å². The number of alkyl halides is 6. The fraction of sp³-hybridized carbons (Fsp3) is 1.00. The summed E-state index contributed by atoms with van der Waals surface area (Å²) in [6.45, 7) is 14.2. The minimum atomic E-state index is -6.72. The summed E-state index contributed by atoms with van der Waals surface area (Å²) in [7, 11) is -13.4. The van der Waals surface area contributed by atoms with Crippen molar-refractivity contribution in [3.05, 3.63) is 4.13 Å². The molecule has 6 nitrogen and oxygen atoms in total. The van der Waals surface area contributed by atoms with Crippen LogP contribution in [0.25, 0.3) is 4.13 Å². The summed E-state index contributed by atoms with van der Waals surface area (Å²) in [6.07, 6.45) is 0. The van der Waals surface area contributed by atoms with Gasteiger partial charge in [0.15, 0.2) is 20.0 Å². The van der Waals surface area contributed by atoms with E-state index in [2.05, 4.69) is 27.7 Å². The van der Waals surface area contributed by atoms with Crippen molar-refractivity contribution in [2.24, 2.45) is 0 Å². The van der Waals surface area contributed by atoms with E-state index >= 15 is 0 Å². The monoisotopic (exact) mass is 410 g/mol. The van der Waals surface area contributed by atoms with Gasteiger partial charge in [0, 0.05) is 0 Å². The topological polar surface area (TPSA) is 82.4 Å². The van der Waals surface area contributed by atoms with Gasteiger partial charge in [0.1, 0.15) is 0 Å². The van der Waals surface area contributed by atoms with Crippen LogP contribution in [0.1, 0.15) is 27.7 Å². The van der Waals surface area contributed by atoms with Crippen LogP contribution in [0.3, 0.4) is 0 Å². The molecule has 0 heterocycles. The molecule has 0 unspecified atom stereocenters. The fourth-order valence-electron chi connectivity index (χ4n) is 1.56. The van der Waals surface area contributed by atoms with E-state index in [1.807, 2.05) is 0 Å². The van der Waals surface area contributed by atoms with Crippen molar-refractivity contribution in [3.8, 4) is 0 Å². The lowest BCUT2D eigenvalue weighted by atomic mass is 10.3. The van der Waals surface area contributed by atoms with Crippen LogP contribution in [0.2, 0.25) is 0 Å². The van der Waals surface area contributed by atoms with Gasteiger partial charge in [-0.05, 0) is 27.7 Å². The lowest BCUT2D eigenvalue weighted by Gasteiger charge is -2.34. The molecule has 0 bridgehead atoms. The summed E-state index contributed by atoms with van der Waals surface area (Å²) in [4.78, 5) is 0. The van der Waals surface area contributed by atoms with Crippen LogP contribution in [0.15, 0.2) is 0 Å². The summed E-state index contributed by atoms with van der Waals surface area (Å²) < 4.78 is 110. The summed E-state index contributed by atoms with van der Waals surface area (Å²) in [6, 6.07) is 0. The van der Waals surface area contributed by atoms with Crippen LogP contribution in [-0.2, 0) is 20.0 Å². The quantitative estimate of drug-likeness (QED) is 0.498. The predicted molar refractivity (Wildman–Crippen MR) is 75.7 cm³/mol. The third-order valence-corrected chi connectivity index (χ3v) is 6.20. The van der Waals surface area contributed by atoms with E-state index in [0.717, 1.165) is 4.13 Å². The molecule has 0 aromatic heterocycles. The molecule has 0 radical (unpaired) electrons. The Kier molecular flexibility index (Phi) is 9.26. The van der Waals surface area contributed by atoms with Crippen molar-refractivity contribution in [2.45, 2.75) is 38.7 Å². The highest BCUT2D eigenvalue weighted by Crippen LogP contribution is 2.36. The second-order valence-corrected chi connectivity index (χ2v) is 7.95. The second-order valence-electron chi connectivity index (χ2n) is 4.52. The first-order valence-electron chi connectivity index (χ1n) is 6.67. The molecule has 0 fully saturated rings. The molecule has 0 N–H and O–H groups in total. The third-order valence-electron chi connectivity index (χ3n) is 3.46. The van der Waals surface area contributed by atoms with Crippen molar-refractivity contribution >= 4 is 20.0 Å². The molecule has 0 aromatic rings. The van der Waals surface area contributed by atoms with Gasteiger partial charge >= 0.3 is 11.0 Å². The molecular weight excluding hydrogens is 390 g/mol. The van der Waals surface area contributed by atoms with Gasteiger partial charge in [0.2, 0.25) is 0 Å². The molecule has 0 atom stereocenters. The largest absolute Gasteiger partial charge is 0.480 e. The minimum absolute atomic E-state index is 0.778. The number of quaternary nitrogens is 1. The molecule has 0 saturated heterocycles. The van der Waals surface area contributed by atoms with E-state index in [-0.39, 0.29) is 0 Å². The van der Waals surface area contributed by atoms with Crippen molar-refractivity contribution in [1.29, 1.82) is 0 Å². The number of halogens is 6.